The molecule has 1 amide bonds. The van der Waals surface area contributed by atoms with E-state index in [-0.39, 0.29) is 52.8 Å². The van der Waals surface area contributed by atoms with Crippen LogP contribution in [0.5, 0.6) is 0 Å². The molecule has 152 valence electrons. The Morgan fingerprint density at radius 3 is 2.71 bits per heavy atom. The first-order valence-corrected chi connectivity index (χ1v) is 8.45. The third-order valence-electron chi connectivity index (χ3n) is 4.24. The Balaban J connectivity index is 0.00000196. The molecule has 8 nitrogen and oxygen atoms in total. The molecule has 3 aromatic rings. The van der Waals surface area contributed by atoms with E-state index >= 15 is 0 Å². The highest BCUT2D eigenvalue weighted by molar-refractivity contribution is 8.93. The zero-order chi connectivity index (χ0) is 18.5. The maximum Gasteiger partial charge on any atom is 0.305 e. The molecule has 0 fully saturated rings. The Labute approximate surface area is 183 Å². The second kappa shape index (κ2) is 11.0. The lowest BCUT2D eigenvalue weighted by atomic mass is 10.2. The van der Waals surface area contributed by atoms with Crippen LogP contribution in [-0.2, 0) is 24.8 Å². The van der Waals surface area contributed by atoms with Crippen molar-refractivity contribution in [3.63, 3.8) is 0 Å². The fraction of sp³-hybridized carbons (Fsp3) is 0.333. The number of aryl methyl sites for hydroxylation is 3. The molecule has 0 aliphatic heterocycles. The molecule has 10 heteroatoms. The molecule has 2 N–H and O–H groups in total. The number of aliphatic carboxylic acids is 1. The third kappa shape index (κ3) is 5.90. The number of nitrogens with one attached hydrogen (secondary N) is 1. The molecule has 0 unspecified atom stereocenters. The van der Waals surface area contributed by atoms with Crippen LogP contribution in [0.15, 0.2) is 36.9 Å². The number of carbonyl (C=O) groups is 2. The van der Waals surface area contributed by atoms with E-state index in [0.29, 0.717) is 5.56 Å². The van der Waals surface area contributed by atoms with E-state index < -0.39 is 5.97 Å². The summed E-state index contributed by atoms with van der Waals surface area (Å²) >= 11 is 0. The SMILES string of the molecule is Br.Br.Cn1c(CCCn2ccnc2)nc2cc(C(=O)NCCC(=O)O)ccc21. The summed E-state index contributed by atoms with van der Waals surface area (Å²) in [6.07, 6.45) is 7.16. The molecule has 3 rings (SSSR count). The summed E-state index contributed by atoms with van der Waals surface area (Å²) in [5.74, 6) is -0.269. The first-order valence-electron chi connectivity index (χ1n) is 8.45. The van der Waals surface area contributed by atoms with Crippen molar-refractivity contribution >= 4 is 56.9 Å². The average Bonchev–Trinajstić information content (AvgIpc) is 3.23. The van der Waals surface area contributed by atoms with Gasteiger partial charge in [-0.2, -0.15) is 0 Å². The standard InChI is InChI=1S/C18H21N5O3.2BrH/c1-22-15-5-4-13(18(26)20-7-6-17(24)25)11-14(15)21-16(22)3-2-9-23-10-8-19-12-23;;/h4-5,8,10-12H,2-3,6-7,9H2,1H3,(H,20,26)(H,24,25);2*1H. The van der Waals surface area contributed by atoms with Crippen LogP contribution in [0.4, 0.5) is 0 Å². The molecule has 0 atom stereocenters. The highest BCUT2D eigenvalue weighted by Crippen LogP contribution is 2.18. The van der Waals surface area contributed by atoms with E-state index in [2.05, 4.69) is 15.3 Å². The first kappa shape index (κ1) is 23.8. The van der Waals surface area contributed by atoms with Crippen LogP contribution in [0.1, 0.15) is 29.0 Å². The van der Waals surface area contributed by atoms with Crippen molar-refractivity contribution in [1.82, 2.24) is 24.4 Å². The second-order valence-corrected chi connectivity index (χ2v) is 6.09. The maximum absolute atomic E-state index is 12.1. The van der Waals surface area contributed by atoms with Gasteiger partial charge in [-0.1, -0.05) is 0 Å². The molecular formula is C18H23Br2N5O3. The summed E-state index contributed by atoms with van der Waals surface area (Å²) in [7, 11) is 1.97. The third-order valence-corrected chi connectivity index (χ3v) is 4.24. The van der Waals surface area contributed by atoms with E-state index in [4.69, 9.17) is 5.11 Å². The largest absolute Gasteiger partial charge is 0.481 e. The number of rotatable bonds is 8. The number of hydrogen-bond acceptors (Lipinski definition) is 4. The Bertz CT molecular complexity index is 925. The van der Waals surface area contributed by atoms with Crippen LogP contribution in [-0.4, -0.2) is 42.6 Å². The Kier molecular flexibility index (Phi) is 9.33. The van der Waals surface area contributed by atoms with Crippen LogP contribution >= 0.6 is 34.0 Å². The van der Waals surface area contributed by atoms with Gasteiger partial charge in [-0.25, -0.2) is 9.97 Å². The predicted molar refractivity (Wildman–Crippen MR) is 116 cm³/mol. The van der Waals surface area contributed by atoms with Crippen LogP contribution in [0, 0.1) is 0 Å². The lowest BCUT2D eigenvalue weighted by Crippen LogP contribution is -2.25. The van der Waals surface area contributed by atoms with Gasteiger partial charge < -0.3 is 19.6 Å². The number of benzene rings is 1. The van der Waals surface area contributed by atoms with Gasteiger partial charge in [-0.05, 0) is 24.6 Å². The zero-order valence-electron chi connectivity index (χ0n) is 15.4. The van der Waals surface area contributed by atoms with Crippen LogP contribution < -0.4 is 5.32 Å². The van der Waals surface area contributed by atoms with Gasteiger partial charge in [0.15, 0.2) is 0 Å². The molecule has 0 saturated carbocycles. The van der Waals surface area contributed by atoms with Crippen molar-refractivity contribution in [3.05, 3.63) is 48.3 Å². The van der Waals surface area contributed by atoms with Crippen LogP contribution in [0.25, 0.3) is 11.0 Å². The summed E-state index contributed by atoms with van der Waals surface area (Å²) in [6, 6.07) is 5.34. The minimum absolute atomic E-state index is 0. The molecule has 2 heterocycles. The van der Waals surface area contributed by atoms with Gasteiger partial charge in [0.1, 0.15) is 5.82 Å². The van der Waals surface area contributed by atoms with E-state index in [9.17, 15) is 9.59 Å². The number of carbonyl (C=O) groups excluding carboxylic acids is 1. The normalized spacial score (nSPS) is 10.2. The molecule has 1 aromatic carbocycles. The molecule has 0 radical (unpaired) electrons. The van der Waals surface area contributed by atoms with Crippen molar-refractivity contribution < 1.29 is 14.7 Å². The fourth-order valence-corrected chi connectivity index (χ4v) is 2.84. The lowest BCUT2D eigenvalue weighted by molar-refractivity contribution is -0.136. The summed E-state index contributed by atoms with van der Waals surface area (Å²) in [5, 5.41) is 11.2. The second-order valence-electron chi connectivity index (χ2n) is 6.09. The minimum atomic E-state index is -0.939. The van der Waals surface area contributed by atoms with Gasteiger partial charge in [0, 0.05) is 44.5 Å². The summed E-state index contributed by atoms with van der Waals surface area (Å²) < 4.78 is 4.07. The highest BCUT2D eigenvalue weighted by atomic mass is 79.9. The number of imidazole rings is 2. The van der Waals surface area contributed by atoms with Crippen molar-refractivity contribution in [3.8, 4) is 0 Å². The van der Waals surface area contributed by atoms with Gasteiger partial charge in [0.05, 0.1) is 23.8 Å². The smallest absolute Gasteiger partial charge is 0.305 e. The molecule has 0 spiro atoms. The topological polar surface area (TPSA) is 102 Å². The number of hydrogen-bond donors (Lipinski definition) is 2. The van der Waals surface area contributed by atoms with Crippen LogP contribution in [0.3, 0.4) is 0 Å². The average molecular weight is 517 g/mol. The van der Waals surface area contributed by atoms with Gasteiger partial charge in [-0.15, -0.1) is 34.0 Å². The molecule has 0 bridgehead atoms. The number of carboxylic acid groups (broad SMARTS) is 1. The van der Waals surface area contributed by atoms with Gasteiger partial charge in [0.2, 0.25) is 0 Å². The van der Waals surface area contributed by atoms with Crippen molar-refractivity contribution in [2.24, 2.45) is 7.05 Å². The first-order chi connectivity index (χ1) is 12.5. The Hall–Kier alpha value is -2.20. The monoisotopic (exact) mass is 515 g/mol. The number of halogens is 2. The number of amides is 1. The molecule has 28 heavy (non-hydrogen) atoms. The summed E-state index contributed by atoms with van der Waals surface area (Å²) in [5.41, 5.74) is 2.20. The van der Waals surface area contributed by atoms with E-state index in [1.807, 2.05) is 28.4 Å². The van der Waals surface area contributed by atoms with Gasteiger partial charge in [0.25, 0.3) is 5.91 Å². The summed E-state index contributed by atoms with van der Waals surface area (Å²) in [4.78, 5) is 31.3. The predicted octanol–water partition coefficient (Wildman–Crippen LogP) is 2.76. The number of fused-ring (bicyclic) bond motifs is 1. The molecule has 0 aliphatic rings. The highest BCUT2D eigenvalue weighted by Gasteiger charge is 2.12. The molecule has 0 saturated heterocycles. The number of nitrogens with zero attached hydrogens (tertiary/aromatic N) is 4. The van der Waals surface area contributed by atoms with Gasteiger partial charge >= 0.3 is 5.97 Å². The zero-order valence-corrected chi connectivity index (χ0v) is 18.8. The Morgan fingerprint density at radius 1 is 1.25 bits per heavy atom. The van der Waals surface area contributed by atoms with Crippen molar-refractivity contribution in [2.45, 2.75) is 25.8 Å². The van der Waals surface area contributed by atoms with Crippen molar-refractivity contribution in [2.75, 3.05) is 6.54 Å². The number of carboxylic acids is 1. The lowest BCUT2D eigenvalue weighted by Gasteiger charge is -2.04. The van der Waals surface area contributed by atoms with Crippen molar-refractivity contribution in [1.29, 1.82) is 0 Å². The minimum Gasteiger partial charge on any atom is -0.481 e. The quantitative estimate of drug-likeness (QED) is 0.479. The van der Waals surface area contributed by atoms with Crippen LogP contribution in [0.2, 0.25) is 0 Å². The fourth-order valence-electron chi connectivity index (χ4n) is 2.84. The molecular weight excluding hydrogens is 494 g/mol. The van der Waals surface area contributed by atoms with E-state index in [1.54, 1.807) is 24.7 Å². The van der Waals surface area contributed by atoms with Gasteiger partial charge in [-0.3, -0.25) is 9.59 Å². The maximum atomic E-state index is 12.1. The molecule has 0 aliphatic carbocycles. The Morgan fingerprint density at radius 2 is 2.04 bits per heavy atom. The molecule has 2 aromatic heterocycles. The van der Waals surface area contributed by atoms with E-state index in [1.165, 1.54) is 0 Å². The van der Waals surface area contributed by atoms with E-state index in [0.717, 1.165) is 36.2 Å². The summed E-state index contributed by atoms with van der Waals surface area (Å²) in [6.45, 7) is 0.981. The number of aromatic nitrogens is 4.